The quantitative estimate of drug-likeness (QED) is 0.933. The van der Waals surface area contributed by atoms with Crippen molar-refractivity contribution in [1.82, 2.24) is 5.32 Å². The highest BCUT2D eigenvalue weighted by Crippen LogP contribution is 2.19. The molecule has 3 nitrogen and oxygen atoms in total. The maximum absolute atomic E-state index is 13.4. The minimum atomic E-state index is -0.946. The maximum Gasteiger partial charge on any atom is 0.257 e. The molecule has 1 rings (SSSR count). The second kappa shape index (κ2) is 5.73. The van der Waals surface area contributed by atoms with Crippen LogP contribution in [0.1, 0.15) is 23.7 Å². The highest BCUT2D eigenvalue weighted by molar-refractivity contribution is 9.10. The van der Waals surface area contributed by atoms with E-state index in [0.29, 0.717) is 0 Å². The Morgan fingerprint density at radius 1 is 1.53 bits per heavy atom. The van der Waals surface area contributed by atoms with E-state index in [4.69, 9.17) is 5.26 Å². The molecule has 1 N–H and O–H groups in total. The summed E-state index contributed by atoms with van der Waals surface area (Å²) in [7, 11) is 0. The van der Waals surface area contributed by atoms with E-state index in [9.17, 15) is 13.6 Å². The fraction of sp³-hybridized carbons (Fsp3) is 0.273. The first-order valence-corrected chi connectivity index (χ1v) is 5.57. The zero-order valence-corrected chi connectivity index (χ0v) is 10.5. The van der Waals surface area contributed by atoms with Crippen LogP contribution < -0.4 is 5.32 Å². The maximum atomic E-state index is 13.4. The van der Waals surface area contributed by atoms with E-state index in [-0.39, 0.29) is 10.9 Å². The van der Waals surface area contributed by atoms with Gasteiger partial charge in [0.15, 0.2) is 0 Å². The van der Waals surface area contributed by atoms with Gasteiger partial charge in [-0.15, -0.1) is 0 Å². The number of carbonyl (C=O) groups excluding carboxylic acids is 1. The predicted octanol–water partition coefficient (Wildman–Crippen LogP) is 2.76. The summed E-state index contributed by atoms with van der Waals surface area (Å²) in [5.74, 6) is -2.76. The van der Waals surface area contributed by atoms with Gasteiger partial charge < -0.3 is 5.32 Å². The molecule has 90 valence electrons. The standard InChI is InChI=1S/C11H9BrF2N2O/c1-6(2-3-15)16-11(17)10-8(13)4-7(12)5-9(10)14/h4-6H,2H2,1H3,(H,16,17). The van der Waals surface area contributed by atoms with Gasteiger partial charge in [0.1, 0.15) is 17.2 Å². The van der Waals surface area contributed by atoms with Crippen molar-refractivity contribution in [3.63, 3.8) is 0 Å². The first-order chi connectivity index (χ1) is 7.95. The highest BCUT2D eigenvalue weighted by atomic mass is 79.9. The second-order valence-electron chi connectivity index (χ2n) is 3.48. The molecule has 1 unspecified atom stereocenters. The summed E-state index contributed by atoms with van der Waals surface area (Å²) in [6.07, 6.45) is 0.0749. The molecule has 1 atom stereocenters. The van der Waals surface area contributed by atoms with Crippen LogP contribution in [-0.4, -0.2) is 11.9 Å². The molecule has 0 aromatic heterocycles. The van der Waals surface area contributed by atoms with Crippen molar-refractivity contribution in [3.05, 3.63) is 33.8 Å². The molecule has 0 bridgehead atoms. The Kier molecular flexibility index (Phi) is 4.58. The lowest BCUT2D eigenvalue weighted by molar-refractivity contribution is 0.0932. The molecule has 0 heterocycles. The van der Waals surface area contributed by atoms with E-state index in [1.165, 1.54) is 0 Å². The molecule has 0 saturated heterocycles. The molecule has 0 aliphatic carbocycles. The number of carbonyl (C=O) groups is 1. The average molecular weight is 303 g/mol. The Balaban J connectivity index is 2.94. The van der Waals surface area contributed by atoms with Crippen LogP contribution in [0.4, 0.5) is 8.78 Å². The van der Waals surface area contributed by atoms with Crippen LogP contribution in [0.2, 0.25) is 0 Å². The van der Waals surface area contributed by atoms with Crippen molar-refractivity contribution < 1.29 is 13.6 Å². The van der Waals surface area contributed by atoms with E-state index < -0.39 is 29.1 Å². The van der Waals surface area contributed by atoms with Gasteiger partial charge in [0, 0.05) is 10.5 Å². The fourth-order valence-electron chi connectivity index (χ4n) is 1.24. The number of nitrogens with zero attached hydrogens (tertiary/aromatic N) is 1. The van der Waals surface area contributed by atoms with Gasteiger partial charge in [-0.1, -0.05) is 15.9 Å². The number of nitrogens with one attached hydrogen (secondary N) is 1. The van der Waals surface area contributed by atoms with Crippen molar-refractivity contribution in [3.8, 4) is 6.07 Å². The highest BCUT2D eigenvalue weighted by Gasteiger charge is 2.19. The molecule has 0 aliphatic rings. The van der Waals surface area contributed by atoms with Crippen LogP contribution >= 0.6 is 15.9 Å². The second-order valence-corrected chi connectivity index (χ2v) is 4.40. The first kappa shape index (κ1) is 13.6. The number of halogens is 3. The molecule has 1 amide bonds. The van der Waals surface area contributed by atoms with Gasteiger partial charge in [-0.2, -0.15) is 5.26 Å². The van der Waals surface area contributed by atoms with Crippen molar-refractivity contribution >= 4 is 21.8 Å². The number of hydrogen-bond acceptors (Lipinski definition) is 2. The molecule has 0 fully saturated rings. The van der Waals surface area contributed by atoms with E-state index in [2.05, 4.69) is 21.2 Å². The zero-order valence-electron chi connectivity index (χ0n) is 8.93. The molecule has 0 saturated carbocycles. The molecule has 1 aromatic carbocycles. The Morgan fingerprint density at radius 2 is 2.06 bits per heavy atom. The summed E-state index contributed by atoms with van der Waals surface area (Å²) in [6.45, 7) is 1.58. The van der Waals surface area contributed by atoms with Gasteiger partial charge in [0.05, 0.1) is 12.5 Å². The van der Waals surface area contributed by atoms with Crippen molar-refractivity contribution in [2.45, 2.75) is 19.4 Å². The fourth-order valence-corrected chi connectivity index (χ4v) is 1.65. The first-order valence-electron chi connectivity index (χ1n) is 4.78. The molecule has 0 spiro atoms. The van der Waals surface area contributed by atoms with Gasteiger partial charge in [-0.05, 0) is 19.1 Å². The number of benzene rings is 1. The largest absolute Gasteiger partial charge is 0.348 e. The Labute approximate surface area is 106 Å². The summed E-state index contributed by atoms with van der Waals surface area (Å²) in [5.41, 5.74) is -0.641. The Bertz CT molecular complexity index is 462. The molecule has 6 heteroatoms. The normalized spacial score (nSPS) is 11.7. The predicted molar refractivity (Wildman–Crippen MR) is 61.2 cm³/mol. The van der Waals surface area contributed by atoms with Gasteiger partial charge in [-0.25, -0.2) is 8.78 Å². The summed E-state index contributed by atoms with van der Waals surface area (Å²) >= 11 is 2.92. The zero-order chi connectivity index (χ0) is 13.0. The van der Waals surface area contributed by atoms with Crippen LogP contribution in [0, 0.1) is 23.0 Å². The van der Waals surface area contributed by atoms with Crippen LogP contribution in [0.25, 0.3) is 0 Å². The van der Waals surface area contributed by atoms with E-state index >= 15 is 0 Å². The third kappa shape index (κ3) is 3.49. The van der Waals surface area contributed by atoms with Gasteiger partial charge in [0.25, 0.3) is 5.91 Å². The molecular formula is C11H9BrF2N2O. The van der Waals surface area contributed by atoms with Crippen molar-refractivity contribution in [1.29, 1.82) is 5.26 Å². The smallest absolute Gasteiger partial charge is 0.257 e. The summed E-state index contributed by atoms with van der Waals surface area (Å²) in [4.78, 5) is 11.6. The van der Waals surface area contributed by atoms with Crippen LogP contribution in [0.5, 0.6) is 0 Å². The van der Waals surface area contributed by atoms with Crippen molar-refractivity contribution in [2.24, 2.45) is 0 Å². The van der Waals surface area contributed by atoms with Gasteiger partial charge in [0.2, 0.25) is 0 Å². The lowest BCUT2D eigenvalue weighted by Gasteiger charge is -2.11. The molecule has 0 radical (unpaired) electrons. The minimum Gasteiger partial charge on any atom is -0.348 e. The van der Waals surface area contributed by atoms with E-state index in [1.54, 1.807) is 6.92 Å². The lowest BCUT2D eigenvalue weighted by Crippen LogP contribution is -2.33. The summed E-state index contributed by atoms with van der Waals surface area (Å²) in [5, 5.41) is 10.8. The Hall–Kier alpha value is -1.48. The molecular weight excluding hydrogens is 294 g/mol. The van der Waals surface area contributed by atoms with Crippen LogP contribution in [-0.2, 0) is 0 Å². The third-order valence-corrected chi connectivity index (χ3v) is 2.47. The average Bonchev–Trinajstić information content (AvgIpc) is 2.15. The number of rotatable bonds is 3. The van der Waals surface area contributed by atoms with E-state index in [1.807, 2.05) is 6.07 Å². The monoisotopic (exact) mass is 302 g/mol. The van der Waals surface area contributed by atoms with Crippen LogP contribution in [0.15, 0.2) is 16.6 Å². The minimum absolute atomic E-state index is 0.0749. The summed E-state index contributed by atoms with van der Waals surface area (Å²) in [6, 6.07) is 3.40. The third-order valence-electron chi connectivity index (χ3n) is 2.01. The van der Waals surface area contributed by atoms with Gasteiger partial charge in [-0.3, -0.25) is 4.79 Å². The number of amides is 1. The van der Waals surface area contributed by atoms with Crippen molar-refractivity contribution in [2.75, 3.05) is 0 Å². The molecule has 0 aliphatic heterocycles. The lowest BCUT2D eigenvalue weighted by atomic mass is 10.1. The van der Waals surface area contributed by atoms with Crippen LogP contribution in [0.3, 0.4) is 0 Å². The topological polar surface area (TPSA) is 52.9 Å². The van der Waals surface area contributed by atoms with E-state index in [0.717, 1.165) is 12.1 Å². The molecule has 17 heavy (non-hydrogen) atoms. The summed E-state index contributed by atoms with van der Waals surface area (Å²) < 4.78 is 27.0. The molecule has 1 aromatic rings. The van der Waals surface area contributed by atoms with Gasteiger partial charge >= 0.3 is 0 Å². The number of hydrogen-bond donors (Lipinski definition) is 1. The Morgan fingerprint density at radius 3 is 2.53 bits per heavy atom. The number of nitriles is 1. The SMILES string of the molecule is CC(CC#N)NC(=O)c1c(F)cc(Br)cc1F.